The van der Waals surface area contributed by atoms with Crippen LogP contribution in [0, 0.1) is 0 Å². The summed E-state index contributed by atoms with van der Waals surface area (Å²) in [6, 6.07) is 0. The molecule has 5 nitrogen and oxygen atoms in total. The molecule has 0 saturated carbocycles. The van der Waals surface area contributed by atoms with Crippen molar-refractivity contribution < 1.29 is 37.3 Å². The van der Waals surface area contributed by atoms with E-state index in [1.807, 2.05) is 0 Å². The smallest absolute Gasteiger partial charge is 0.503 e. The van der Waals surface area contributed by atoms with Gasteiger partial charge in [0.2, 0.25) is 0 Å². The minimum Gasteiger partial charge on any atom is -0.503 e. The molecule has 0 spiro atoms. The first-order valence-electron chi connectivity index (χ1n) is 4.02. The van der Waals surface area contributed by atoms with E-state index in [4.69, 9.17) is 5.11 Å². The number of aromatic nitrogens is 1. The Hall–Kier alpha value is -2.06. The van der Waals surface area contributed by atoms with Gasteiger partial charge in [-0.15, -0.1) is 13.2 Å². The fourth-order valence-electron chi connectivity index (χ4n) is 0.990. The number of halogens is 4. The highest BCUT2D eigenvalue weighted by molar-refractivity contribution is 5.91. The Balaban J connectivity index is 3.35. The van der Waals surface area contributed by atoms with Gasteiger partial charge in [-0.3, -0.25) is 4.98 Å². The Labute approximate surface area is 91.3 Å². The molecule has 1 heterocycles. The van der Waals surface area contributed by atoms with E-state index in [1.165, 1.54) is 0 Å². The Morgan fingerprint density at radius 2 is 2.06 bits per heavy atom. The van der Waals surface area contributed by atoms with Crippen LogP contribution in [0.15, 0.2) is 6.20 Å². The number of aromatic carboxylic acids is 1. The standard InChI is InChI=1S/C8H5F4NO4/c9-1-4-5(14)6(17-8(10,11)12)3(2-13-4)7(15)16/h2,14H,1H2,(H,15,16). The van der Waals surface area contributed by atoms with Crippen molar-refractivity contribution in [2.24, 2.45) is 0 Å². The minimum atomic E-state index is -5.21. The quantitative estimate of drug-likeness (QED) is 0.806. The van der Waals surface area contributed by atoms with Gasteiger partial charge in [-0.1, -0.05) is 0 Å². The molecule has 0 unspecified atom stereocenters. The molecule has 0 atom stereocenters. The van der Waals surface area contributed by atoms with Crippen LogP contribution in [0.1, 0.15) is 16.1 Å². The molecule has 1 aromatic heterocycles. The van der Waals surface area contributed by atoms with Crippen molar-refractivity contribution in [3.05, 3.63) is 17.5 Å². The average Bonchev–Trinajstić information content (AvgIpc) is 2.18. The molecule has 2 N–H and O–H groups in total. The number of hydrogen-bond donors (Lipinski definition) is 2. The molecule has 0 saturated heterocycles. The van der Waals surface area contributed by atoms with E-state index < -0.39 is 41.8 Å². The second-order valence-corrected chi connectivity index (χ2v) is 2.78. The summed E-state index contributed by atoms with van der Waals surface area (Å²) in [6.45, 7) is -1.36. The summed E-state index contributed by atoms with van der Waals surface area (Å²) in [6.07, 6.45) is -4.74. The van der Waals surface area contributed by atoms with Crippen LogP contribution < -0.4 is 4.74 Å². The monoisotopic (exact) mass is 255 g/mol. The van der Waals surface area contributed by atoms with Crippen LogP contribution in [0.25, 0.3) is 0 Å². The van der Waals surface area contributed by atoms with E-state index in [-0.39, 0.29) is 0 Å². The minimum absolute atomic E-state index is 0.470. The van der Waals surface area contributed by atoms with Crippen LogP contribution in [-0.2, 0) is 6.67 Å². The number of nitrogens with zero attached hydrogens (tertiary/aromatic N) is 1. The number of carboxylic acid groups (broad SMARTS) is 1. The molecular weight excluding hydrogens is 250 g/mol. The first kappa shape index (κ1) is 13.0. The summed E-state index contributed by atoms with van der Waals surface area (Å²) in [4.78, 5) is 13.7. The Bertz CT molecular complexity index is 446. The van der Waals surface area contributed by atoms with E-state index >= 15 is 0 Å². The van der Waals surface area contributed by atoms with Crippen molar-refractivity contribution in [1.29, 1.82) is 0 Å². The maximum atomic E-state index is 12.2. The lowest BCUT2D eigenvalue weighted by Crippen LogP contribution is -2.19. The first-order chi connectivity index (χ1) is 7.76. The lowest BCUT2D eigenvalue weighted by Gasteiger charge is -2.13. The molecule has 17 heavy (non-hydrogen) atoms. The maximum absolute atomic E-state index is 12.2. The molecule has 0 aromatic carbocycles. The van der Waals surface area contributed by atoms with Crippen molar-refractivity contribution in [2.75, 3.05) is 0 Å². The molecule has 94 valence electrons. The third-order valence-corrected chi connectivity index (χ3v) is 1.66. The summed E-state index contributed by atoms with van der Waals surface area (Å²) < 4.78 is 51.4. The Morgan fingerprint density at radius 1 is 1.47 bits per heavy atom. The van der Waals surface area contributed by atoms with E-state index in [9.17, 15) is 27.5 Å². The predicted molar refractivity (Wildman–Crippen MR) is 44.4 cm³/mol. The molecular formula is C8H5F4NO4. The van der Waals surface area contributed by atoms with Crippen LogP contribution in [0.3, 0.4) is 0 Å². The number of ether oxygens (including phenoxy) is 1. The van der Waals surface area contributed by atoms with Crippen LogP contribution in [0.5, 0.6) is 11.5 Å². The van der Waals surface area contributed by atoms with Gasteiger partial charge in [-0.2, -0.15) is 0 Å². The molecule has 0 radical (unpaired) electrons. The molecule has 9 heteroatoms. The van der Waals surface area contributed by atoms with Crippen LogP contribution in [0.2, 0.25) is 0 Å². The van der Waals surface area contributed by atoms with Crippen LogP contribution in [0.4, 0.5) is 17.6 Å². The molecule has 0 aliphatic heterocycles. The number of alkyl halides is 4. The Morgan fingerprint density at radius 3 is 2.47 bits per heavy atom. The Kier molecular flexibility index (Phi) is 3.39. The van der Waals surface area contributed by atoms with Crippen LogP contribution >= 0.6 is 0 Å². The zero-order chi connectivity index (χ0) is 13.2. The summed E-state index contributed by atoms with van der Waals surface area (Å²) in [5.41, 5.74) is -1.76. The maximum Gasteiger partial charge on any atom is 0.573 e. The van der Waals surface area contributed by atoms with Crippen molar-refractivity contribution >= 4 is 5.97 Å². The lowest BCUT2D eigenvalue weighted by atomic mass is 10.2. The van der Waals surface area contributed by atoms with Crippen LogP contribution in [-0.4, -0.2) is 27.5 Å². The number of hydrogen-bond acceptors (Lipinski definition) is 4. The highest BCUT2D eigenvalue weighted by Crippen LogP contribution is 2.36. The van der Waals surface area contributed by atoms with Crippen molar-refractivity contribution in [1.82, 2.24) is 4.98 Å². The topological polar surface area (TPSA) is 79.7 Å². The van der Waals surface area contributed by atoms with E-state index in [1.54, 1.807) is 0 Å². The zero-order valence-corrected chi connectivity index (χ0v) is 7.95. The second kappa shape index (κ2) is 4.44. The number of carboxylic acids is 1. The van der Waals surface area contributed by atoms with Gasteiger partial charge in [-0.25, -0.2) is 9.18 Å². The second-order valence-electron chi connectivity index (χ2n) is 2.78. The van der Waals surface area contributed by atoms with Gasteiger partial charge in [-0.05, 0) is 0 Å². The van der Waals surface area contributed by atoms with E-state index in [0.717, 1.165) is 0 Å². The summed E-state index contributed by atoms with van der Waals surface area (Å²) in [5, 5.41) is 17.7. The SMILES string of the molecule is O=C(O)c1cnc(CF)c(O)c1OC(F)(F)F. The summed E-state index contributed by atoms with van der Waals surface area (Å²) in [7, 11) is 0. The van der Waals surface area contributed by atoms with Gasteiger partial charge in [0.15, 0.2) is 11.5 Å². The van der Waals surface area contributed by atoms with Crippen molar-refractivity contribution in [3.63, 3.8) is 0 Å². The number of aromatic hydroxyl groups is 1. The van der Waals surface area contributed by atoms with Gasteiger partial charge < -0.3 is 14.9 Å². The van der Waals surface area contributed by atoms with Gasteiger partial charge >= 0.3 is 12.3 Å². The first-order valence-corrected chi connectivity index (χ1v) is 4.02. The number of carbonyl (C=O) groups is 1. The fraction of sp³-hybridized carbons (Fsp3) is 0.250. The number of pyridine rings is 1. The van der Waals surface area contributed by atoms with E-state index in [2.05, 4.69) is 9.72 Å². The molecule has 0 aliphatic rings. The zero-order valence-electron chi connectivity index (χ0n) is 7.95. The third kappa shape index (κ3) is 2.95. The number of rotatable bonds is 3. The predicted octanol–water partition coefficient (Wildman–Crippen LogP) is 1.85. The van der Waals surface area contributed by atoms with E-state index in [0.29, 0.717) is 6.20 Å². The molecule has 1 rings (SSSR count). The molecule has 1 aromatic rings. The summed E-state index contributed by atoms with van der Waals surface area (Å²) >= 11 is 0. The summed E-state index contributed by atoms with van der Waals surface area (Å²) in [5.74, 6) is -4.46. The molecule has 0 aliphatic carbocycles. The molecule has 0 amide bonds. The largest absolute Gasteiger partial charge is 0.573 e. The third-order valence-electron chi connectivity index (χ3n) is 1.66. The highest BCUT2D eigenvalue weighted by Gasteiger charge is 2.35. The highest BCUT2D eigenvalue weighted by atomic mass is 19.4. The van der Waals surface area contributed by atoms with Gasteiger partial charge in [0.1, 0.15) is 17.9 Å². The fourth-order valence-corrected chi connectivity index (χ4v) is 0.990. The average molecular weight is 255 g/mol. The molecule has 0 bridgehead atoms. The van der Waals surface area contributed by atoms with Crippen molar-refractivity contribution in [2.45, 2.75) is 13.0 Å². The van der Waals surface area contributed by atoms with Gasteiger partial charge in [0.05, 0.1) is 0 Å². The van der Waals surface area contributed by atoms with Crippen molar-refractivity contribution in [3.8, 4) is 11.5 Å². The molecule has 0 fully saturated rings. The lowest BCUT2D eigenvalue weighted by molar-refractivity contribution is -0.275. The normalized spacial score (nSPS) is 11.3. The van der Waals surface area contributed by atoms with Gasteiger partial charge in [0.25, 0.3) is 0 Å². The van der Waals surface area contributed by atoms with Gasteiger partial charge in [0, 0.05) is 6.20 Å².